The van der Waals surface area contributed by atoms with Gasteiger partial charge in [0, 0.05) is 19.2 Å². The summed E-state index contributed by atoms with van der Waals surface area (Å²) in [6.07, 6.45) is 2.14. The van der Waals surface area contributed by atoms with Gasteiger partial charge in [0.25, 0.3) is 0 Å². The van der Waals surface area contributed by atoms with Crippen molar-refractivity contribution in [1.29, 1.82) is 0 Å². The van der Waals surface area contributed by atoms with Crippen molar-refractivity contribution < 1.29 is 32.2 Å². The molecular weight excluding hydrogens is 498 g/mol. The molecule has 202 valence electrons. The zero-order chi connectivity index (χ0) is 27.0. The lowest BCUT2D eigenvalue weighted by atomic mass is 10.1. The van der Waals surface area contributed by atoms with Crippen LogP contribution < -0.4 is 23.8 Å². The number of hydrogen-bond donors (Lipinski definition) is 1. The number of fused-ring (bicyclic) bond motifs is 1. The lowest BCUT2D eigenvalue weighted by Gasteiger charge is -2.33. The number of nitrogens with zero attached hydrogens (tertiary/aromatic N) is 2. The van der Waals surface area contributed by atoms with E-state index in [9.17, 15) is 18.0 Å². The zero-order valence-electron chi connectivity index (χ0n) is 21.7. The van der Waals surface area contributed by atoms with Gasteiger partial charge in [0.2, 0.25) is 21.8 Å². The van der Waals surface area contributed by atoms with E-state index in [-0.39, 0.29) is 18.1 Å². The maximum atomic E-state index is 13.8. The molecule has 2 aromatic carbocycles. The quantitative estimate of drug-likeness (QED) is 0.446. The molecule has 11 heteroatoms. The molecular formula is C26H35N3O7S. The van der Waals surface area contributed by atoms with Crippen LogP contribution in [0.25, 0.3) is 0 Å². The van der Waals surface area contributed by atoms with E-state index >= 15 is 0 Å². The van der Waals surface area contributed by atoms with Crippen molar-refractivity contribution in [1.82, 2.24) is 10.2 Å². The Morgan fingerprint density at radius 2 is 1.81 bits per heavy atom. The minimum Gasteiger partial charge on any atom is -0.497 e. The van der Waals surface area contributed by atoms with Crippen LogP contribution in [-0.4, -0.2) is 70.8 Å². The van der Waals surface area contributed by atoms with Crippen LogP contribution in [0.3, 0.4) is 0 Å². The molecule has 1 heterocycles. The van der Waals surface area contributed by atoms with Gasteiger partial charge < -0.3 is 24.4 Å². The normalized spacial score (nSPS) is 13.4. The third kappa shape index (κ3) is 7.28. The van der Waals surface area contributed by atoms with Crippen LogP contribution in [0.1, 0.15) is 32.3 Å². The number of methoxy groups -OCH3 is 1. The van der Waals surface area contributed by atoms with Crippen LogP contribution in [0.2, 0.25) is 0 Å². The molecule has 2 amide bonds. The Morgan fingerprint density at radius 1 is 1.08 bits per heavy atom. The summed E-state index contributed by atoms with van der Waals surface area (Å²) < 4.78 is 43.1. The molecule has 10 nitrogen and oxygen atoms in total. The number of sulfonamides is 1. The molecule has 3 rings (SSSR count). The first-order chi connectivity index (χ1) is 17.7. The van der Waals surface area contributed by atoms with Gasteiger partial charge in [-0.3, -0.25) is 13.9 Å². The second-order valence-corrected chi connectivity index (χ2v) is 10.6. The van der Waals surface area contributed by atoms with E-state index in [4.69, 9.17) is 14.2 Å². The molecule has 0 aromatic heterocycles. The first kappa shape index (κ1) is 28.1. The number of nitrogens with one attached hydrogen (secondary N) is 1. The highest BCUT2D eigenvalue weighted by Crippen LogP contribution is 2.34. The zero-order valence-corrected chi connectivity index (χ0v) is 22.5. The van der Waals surface area contributed by atoms with Crippen molar-refractivity contribution in [2.45, 2.75) is 39.3 Å². The molecule has 0 fully saturated rings. The number of benzene rings is 2. The fourth-order valence-corrected chi connectivity index (χ4v) is 4.90. The highest BCUT2D eigenvalue weighted by Gasteiger charge is 2.32. The highest BCUT2D eigenvalue weighted by molar-refractivity contribution is 7.92. The number of rotatable bonds is 12. The Balaban J connectivity index is 1.95. The average molecular weight is 534 g/mol. The van der Waals surface area contributed by atoms with Gasteiger partial charge in [-0.15, -0.1) is 0 Å². The number of hydrogen-bond acceptors (Lipinski definition) is 7. The summed E-state index contributed by atoms with van der Waals surface area (Å²) in [4.78, 5) is 28.2. The topological polar surface area (TPSA) is 114 Å². The number of ether oxygens (including phenoxy) is 3. The molecule has 1 aliphatic rings. The average Bonchev–Trinajstić information content (AvgIpc) is 2.89. The minimum absolute atomic E-state index is 0.104. The summed E-state index contributed by atoms with van der Waals surface area (Å²) in [6, 6.07) is 11.1. The molecule has 0 spiro atoms. The SMILES string of the molecule is CCCNC(=O)C(CC)N(Cc1cccc(OC)c1)C(=O)CN(c1ccc2c(c1)OCCO2)S(C)(=O)=O. The van der Waals surface area contributed by atoms with Crippen LogP contribution in [0.15, 0.2) is 42.5 Å². The number of anilines is 1. The third-order valence-corrected chi connectivity index (χ3v) is 7.06. The van der Waals surface area contributed by atoms with E-state index in [2.05, 4.69) is 5.32 Å². The molecule has 1 aliphatic heterocycles. The smallest absolute Gasteiger partial charge is 0.244 e. The van der Waals surface area contributed by atoms with E-state index < -0.39 is 28.5 Å². The van der Waals surface area contributed by atoms with Crippen LogP contribution in [0, 0.1) is 0 Å². The van der Waals surface area contributed by atoms with Gasteiger partial charge >= 0.3 is 0 Å². The largest absolute Gasteiger partial charge is 0.497 e. The lowest BCUT2D eigenvalue weighted by Crippen LogP contribution is -2.52. The van der Waals surface area contributed by atoms with E-state index in [0.717, 1.165) is 22.5 Å². The van der Waals surface area contributed by atoms with Crippen molar-refractivity contribution in [2.75, 3.05) is 44.0 Å². The van der Waals surface area contributed by atoms with Crippen molar-refractivity contribution in [3.8, 4) is 17.2 Å². The fourth-order valence-electron chi connectivity index (χ4n) is 4.05. The van der Waals surface area contributed by atoms with E-state index in [1.165, 1.54) is 4.90 Å². The third-order valence-electron chi connectivity index (χ3n) is 5.92. The summed E-state index contributed by atoms with van der Waals surface area (Å²) in [5, 5.41) is 2.86. The van der Waals surface area contributed by atoms with Gasteiger partial charge in [-0.2, -0.15) is 0 Å². The van der Waals surface area contributed by atoms with Gasteiger partial charge in [0.05, 0.1) is 19.1 Å². The van der Waals surface area contributed by atoms with Gasteiger partial charge in [-0.25, -0.2) is 8.42 Å². The van der Waals surface area contributed by atoms with Gasteiger partial charge in [-0.05, 0) is 42.7 Å². The molecule has 0 bridgehead atoms. The predicted octanol–water partition coefficient (Wildman–Crippen LogP) is 2.57. The predicted molar refractivity (Wildman–Crippen MR) is 141 cm³/mol. The second kappa shape index (κ2) is 12.7. The summed E-state index contributed by atoms with van der Waals surface area (Å²) in [6.45, 7) is 4.59. The molecule has 0 saturated carbocycles. The summed E-state index contributed by atoms with van der Waals surface area (Å²) >= 11 is 0. The number of amides is 2. The number of carbonyl (C=O) groups is 2. The monoisotopic (exact) mass is 533 g/mol. The molecule has 0 aliphatic carbocycles. The van der Waals surface area contributed by atoms with Crippen LogP contribution >= 0.6 is 0 Å². The summed E-state index contributed by atoms with van der Waals surface area (Å²) in [7, 11) is -2.31. The molecule has 0 radical (unpaired) electrons. The molecule has 1 atom stereocenters. The minimum atomic E-state index is -3.85. The van der Waals surface area contributed by atoms with Crippen LogP contribution in [-0.2, 0) is 26.2 Å². The van der Waals surface area contributed by atoms with Crippen LogP contribution in [0.4, 0.5) is 5.69 Å². The van der Waals surface area contributed by atoms with Crippen molar-refractivity contribution in [3.05, 3.63) is 48.0 Å². The lowest BCUT2D eigenvalue weighted by molar-refractivity contribution is -0.140. The Hall–Kier alpha value is -3.47. The second-order valence-electron chi connectivity index (χ2n) is 8.69. The summed E-state index contributed by atoms with van der Waals surface area (Å²) in [5.41, 5.74) is 1.02. The fraction of sp³-hybridized carbons (Fsp3) is 0.462. The molecule has 0 saturated heterocycles. The standard InChI is InChI=1S/C26H35N3O7S/c1-5-12-27-26(31)22(6-2)28(17-19-8-7-9-21(15-19)34-3)25(30)18-29(37(4,32)33)20-10-11-23-24(16-20)36-14-13-35-23/h7-11,15-16,22H,5-6,12-14,17-18H2,1-4H3,(H,27,31). The highest BCUT2D eigenvalue weighted by atomic mass is 32.2. The van der Waals surface area contributed by atoms with Gasteiger partial charge in [-0.1, -0.05) is 26.0 Å². The Bertz CT molecular complexity index is 1200. The van der Waals surface area contributed by atoms with Gasteiger partial charge in [0.1, 0.15) is 31.5 Å². The van der Waals surface area contributed by atoms with Crippen LogP contribution in [0.5, 0.6) is 17.2 Å². The molecule has 1 unspecified atom stereocenters. The van der Waals surface area contributed by atoms with Crippen molar-refractivity contribution in [2.24, 2.45) is 0 Å². The summed E-state index contributed by atoms with van der Waals surface area (Å²) in [5.74, 6) is 0.728. The molecule has 37 heavy (non-hydrogen) atoms. The van der Waals surface area contributed by atoms with E-state index in [1.54, 1.807) is 43.5 Å². The maximum Gasteiger partial charge on any atom is 0.244 e. The maximum absolute atomic E-state index is 13.8. The van der Waals surface area contributed by atoms with E-state index in [0.29, 0.717) is 43.4 Å². The first-order valence-corrected chi connectivity index (χ1v) is 14.1. The van der Waals surface area contributed by atoms with Gasteiger partial charge in [0.15, 0.2) is 11.5 Å². The Kier molecular flexibility index (Phi) is 9.62. The molecule has 1 N–H and O–H groups in total. The Labute approximate surface area is 218 Å². The number of carbonyl (C=O) groups excluding carboxylic acids is 2. The van der Waals surface area contributed by atoms with E-state index in [1.807, 2.05) is 19.9 Å². The first-order valence-electron chi connectivity index (χ1n) is 12.2. The molecule has 2 aromatic rings. The van der Waals surface area contributed by atoms with Crippen molar-refractivity contribution in [3.63, 3.8) is 0 Å². The Morgan fingerprint density at radius 3 is 2.46 bits per heavy atom. The van der Waals surface area contributed by atoms with Crippen molar-refractivity contribution >= 4 is 27.5 Å².